The van der Waals surface area contributed by atoms with E-state index in [0.717, 1.165) is 5.96 Å². The number of fused-ring (bicyclic) bond motifs is 1. The minimum Gasteiger partial charge on any atom is -0.349 e. The molecule has 0 bridgehead atoms. The highest BCUT2D eigenvalue weighted by atomic mass is 15.3. The van der Waals surface area contributed by atoms with Crippen LogP contribution in [0.2, 0.25) is 0 Å². The third-order valence-corrected chi connectivity index (χ3v) is 3.03. The van der Waals surface area contributed by atoms with Crippen molar-refractivity contribution in [3.63, 3.8) is 0 Å². The summed E-state index contributed by atoms with van der Waals surface area (Å²) in [4.78, 5) is 8.47. The molecule has 0 fully saturated rings. The van der Waals surface area contributed by atoms with Crippen LogP contribution < -0.4 is 4.90 Å². The lowest BCUT2D eigenvalue weighted by Gasteiger charge is -2.27. The van der Waals surface area contributed by atoms with Crippen LogP contribution in [0.3, 0.4) is 0 Å². The fourth-order valence-electron chi connectivity index (χ4n) is 2.26. The maximum Gasteiger partial charge on any atom is 0.200 e. The van der Waals surface area contributed by atoms with Crippen LogP contribution in [0.5, 0.6) is 0 Å². The van der Waals surface area contributed by atoms with E-state index < -0.39 is 0 Å². The van der Waals surface area contributed by atoms with Gasteiger partial charge < -0.3 is 9.80 Å². The monoisotopic (exact) mass is 241 g/mol. The van der Waals surface area contributed by atoms with Crippen molar-refractivity contribution in [1.82, 2.24) is 4.90 Å². The fraction of sp³-hybridized carbons (Fsp3) is 0.267. The van der Waals surface area contributed by atoms with Crippen LogP contribution in [0.1, 0.15) is 0 Å². The summed E-state index contributed by atoms with van der Waals surface area (Å²) < 4.78 is 0. The second kappa shape index (κ2) is 5.08. The molecule has 0 spiro atoms. The highest BCUT2D eigenvalue weighted by Crippen LogP contribution is 2.26. The Kier molecular flexibility index (Phi) is 3.51. The highest BCUT2D eigenvalue weighted by Gasteiger charge is 2.12. The van der Waals surface area contributed by atoms with E-state index in [-0.39, 0.29) is 0 Å². The molecule has 3 nitrogen and oxygen atoms in total. The van der Waals surface area contributed by atoms with Crippen molar-refractivity contribution in [2.45, 2.75) is 0 Å². The molecule has 0 amide bonds. The van der Waals surface area contributed by atoms with E-state index >= 15 is 0 Å². The summed E-state index contributed by atoms with van der Waals surface area (Å²) in [5.41, 5.74) is 1.17. The molecule has 0 saturated heterocycles. The Hall–Kier alpha value is -2.03. The van der Waals surface area contributed by atoms with Crippen LogP contribution in [0.15, 0.2) is 47.5 Å². The molecule has 0 radical (unpaired) electrons. The summed E-state index contributed by atoms with van der Waals surface area (Å²) in [6, 6.07) is 14.7. The summed E-state index contributed by atoms with van der Waals surface area (Å²) in [6.07, 6.45) is 0. The van der Waals surface area contributed by atoms with Crippen LogP contribution in [-0.2, 0) is 0 Å². The number of benzene rings is 2. The number of aliphatic imine (C=N–C) groups is 1. The molecule has 2 aromatic rings. The quantitative estimate of drug-likeness (QED) is 0.565. The lowest BCUT2D eigenvalue weighted by atomic mass is 10.1. The average molecular weight is 241 g/mol. The number of hydrogen-bond acceptors (Lipinski definition) is 1. The molecule has 0 aromatic heterocycles. The molecule has 2 aromatic carbocycles. The normalized spacial score (nSPS) is 11.7. The van der Waals surface area contributed by atoms with Crippen molar-refractivity contribution in [3.05, 3.63) is 42.5 Å². The van der Waals surface area contributed by atoms with Gasteiger partial charge >= 0.3 is 0 Å². The summed E-state index contributed by atoms with van der Waals surface area (Å²) >= 11 is 0. The van der Waals surface area contributed by atoms with Gasteiger partial charge in [-0.05, 0) is 11.5 Å². The Morgan fingerprint density at radius 1 is 0.944 bits per heavy atom. The van der Waals surface area contributed by atoms with Gasteiger partial charge in [0.25, 0.3) is 0 Å². The first-order valence-electron chi connectivity index (χ1n) is 6.00. The third kappa shape index (κ3) is 2.16. The van der Waals surface area contributed by atoms with E-state index in [0.29, 0.717) is 0 Å². The number of hydrogen-bond donors (Lipinski definition) is 0. The van der Waals surface area contributed by atoms with E-state index in [1.807, 2.05) is 33.1 Å². The second-order valence-electron chi connectivity index (χ2n) is 4.48. The molecular formula is C15H19N3. The SMILES string of the molecule is CN=C(N(C)C)N(C)c1cccc2ccccc12. The molecule has 3 heteroatoms. The molecule has 0 atom stereocenters. The van der Waals surface area contributed by atoms with Crippen LogP contribution in [-0.4, -0.2) is 39.1 Å². The van der Waals surface area contributed by atoms with Gasteiger partial charge in [-0.1, -0.05) is 36.4 Å². The van der Waals surface area contributed by atoms with Crippen LogP contribution in [0, 0.1) is 0 Å². The first kappa shape index (κ1) is 12.4. The maximum absolute atomic E-state index is 4.34. The molecule has 0 N–H and O–H groups in total. The van der Waals surface area contributed by atoms with E-state index in [2.05, 4.69) is 52.4 Å². The Balaban J connectivity index is 2.54. The van der Waals surface area contributed by atoms with Crippen molar-refractivity contribution in [1.29, 1.82) is 0 Å². The number of nitrogens with zero attached hydrogens (tertiary/aromatic N) is 3. The van der Waals surface area contributed by atoms with E-state index in [1.165, 1.54) is 16.5 Å². The van der Waals surface area contributed by atoms with Gasteiger partial charge in [0.15, 0.2) is 5.96 Å². The lowest BCUT2D eigenvalue weighted by molar-refractivity contribution is 0.607. The molecule has 0 unspecified atom stereocenters. The Labute approximate surface area is 108 Å². The zero-order valence-corrected chi connectivity index (χ0v) is 11.4. The number of anilines is 1. The van der Waals surface area contributed by atoms with Crippen molar-refractivity contribution >= 4 is 22.4 Å². The molecule has 0 aliphatic rings. The van der Waals surface area contributed by atoms with E-state index in [4.69, 9.17) is 0 Å². The zero-order chi connectivity index (χ0) is 13.1. The number of guanidine groups is 1. The summed E-state index contributed by atoms with van der Waals surface area (Å²) in [5, 5.41) is 2.49. The molecular weight excluding hydrogens is 222 g/mol. The zero-order valence-electron chi connectivity index (χ0n) is 11.4. The first-order chi connectivity index (χ1) is 8.65. The van der Waals surface area contributed by atoms with Crippen molar-refractivity contribution in [3.8, 4) is 0 Å². The Morgan fingerprint density at radius 3 is 2.28 bits per heavy atom. The minimum atomic E-state index is 0.936. The average Bonchev–Trinajstić information content (AvgIpc) is 2.38. The Bertz CT molecular complexity index is 567. The molecule has 94 valence electrons. The van der Waals surface area contributed by atoms with Gasteiger partial charge in [0.1, 0.15) is 0 Å². The summed E-state index contributed by atoms with van der Waals surface area (Å²) in [5.74, 6) is 0.936. The highest BCUT2D eigenvalue weighted by molar-refractivity contribution is 6.04. The van der Waals surface area contributed by atoms with Gasteiger partial charge in [-0.3, -0.25) is 4.99 Å². The van der Waals surface area contributed by atoms with Crippen molar-refractivity contribution in [2.75, 3.05) is 33.1 Å². The molecule has 0 saturated carbocycles. The molecule has 0 heterocycles. The standard InChI is InChI=1S/C15H19N3/c1-16-15(17(2)3)18(4)14-11-7-9-12-8-5-6-10-13(12)14/h5-11H,1-4H3. The molecule has 18 heavy (non-hydrogen) atoms. The Morgan fingerprint density at radius 2 is 1.61 bits per heavy atom. The second-order valence-corrected chi connectivity index (χ2v) is 4.48. The van der Waals surface area contributed by atoms with Crippen LogP contribution in [0.25, 0.3) is 10.8 Å². The molecule has 0 aliphatic carbocycles. The number of rotatable bonds is 1. The molecule has 2 rings (SSSR count). The van der Waals surface area contributed by atoms with Gasteiger partial charge in [-0.2, -0.15) is 0 Å². The van der Waals surface area contributed by atoms with Gasteiger partial charge in [-0.25, -0.2) is 0 Å². The molecule has 0 aliphatic heterocycles. The largest absolute Gasteiger partial charge is 0.349 e. The minimum absolute atomic E-state index is 0.936. The van der Waals surface area contributed by atoms with E-state index in [9.17, 15) is 0 Å². The summed E-state index contributed by atoms with van der Waals surface area (Å²) in [7, 11) is 7.87. The maximum atomic E-state index is 4.34. The predicted molar refractivity (Wildman–Crippen MR) is 79.4 cm³/mol. The smallest absolute Gasteiger partial charge is 0.200 e. The first-order valence-corrected chi connectivity index (χ1v) is 6.00. The van der Waals surface area contributed by atoms with Crippen molar-refractivity contribution < 1.29 is 0 Å². The van der Waals surface area contributed by atoms with Crippen LogP contribution >= 0.6 is 0 Å². The van der Waals surface area contributed by atoms with Gasteiger partial charge in [0, 0.05) is 33.6 Å². The lowest BCUT2D eigenvalue weighted by Crippen LogP contribution is -2.38. The third-order valence-electron chi connectivity index (χ3n) is 3.03. The summed E-state index contributed by atoms with van der Waals surface area (Å²) in [6.45, 7) is 0. The fourth-order valence-corrected chi connectivity index (χ4v) is 2.26. The van der Waals surface area contributed by atoms with Gasteiger partial charge in [-0.15, -0.1) is 0 Å². The predicted octanol–water partition coefficient (Wildman–Crippen LogP) is 2.82. The van der Waals surface area contributed by atoms with Gasteiger partial charge in [0.2, 0.25) is 0 Å². The van der Waals surface area contributed by atoms with E-state index in [1.54, 1.807) is 0 Å². The van der Waals surface area contributed by atoms with Gasteiger partial charge in [0.05, 0.1) is 5.69 Å². The van der Waals surface area contributed by atoms with Crippen molar-refractivity contribution in [2.24, 2.45) is 4.99 Å². The van der Waals surface area contributed by atoms with Crippen LogP contribution in [0.4, 0.5) is 5.69 Å². The topological polar surface area (TPSA) is 18.8 Å².